The van der Waals surface area contributed by atoms with Crippen LogP contribution in [0.15, 0.2) is 24.3 Å². The van der Waals surface area contributed by atoms with Crippen molar-refractivity contribution >= 4 is 28.4 Å². The van der Waals surface area contributed by atoms with Gasteiger partial charge in [0.05, 0.1) is 24.1 Å². The Labute approximate surface area is 168 Å². The standard InChI is InChI=1S/C21H26N4O4/c1-13-15(9-10-18(26)23-21(3,12-29-4)11-19(27)28)14(2)25-20(22-13)16-7-5-6-8-17(16)24-25/h5-8H,9-12H2,1-4H3,(H,23,26)(H,27,28). The molecule has 154 valence electrons. The molecule has 0 saturated heterocycles. The topological polar surface area (TPSA) is 106 Å². The van der Waals surface area contributed by atoms with E-state index in [2.05, 4.69) is 10.4 Å². The number of methoxy groups -OCH3 is 1. The quantitative estimate of drug-likeness (QED) is 0.604. The highest BCUT2D eigenvalue weighted by molar-refractivity contribution is 5.92. The number of benzene rings is 1. The third-order valence-electron chi connectivity index (χ3n) is 5.07. The molecule has 0 spiro atoms. The van der Waals surface area contributed by atoms with Crippen LogP contribution in [0.2, 0.25) is 0 Å². The molecule has 0 aliphatic heterocycles. The number of aromatic nitrogens is 3. The lowest BCUT2D eigenvalue weighted by Gasteiger charge is -2.28. The summed E-state index contributed by atoms with van der Waals surface area (Å²) in [6.07, 6.45) is 0.491. The highest BCUT2D eigenvalue weighted by atomic mass is 16.5. The summed E-state index contributed by atoms with van der Waals surface area (Å²) < 4.78 is 6.91. The Kier molecular flexibility index (Phi) is 5.83. The number of carboxylic acids is 1. The van der Waals surface area contributed by atoms with Crippen LogP contribution in [-0.4, -0.2) is 50.8 Å². The summed E-state index contributed by atoms with van der Waals surface area (Å²) >= 11 is 0. The maximum absolute atomic E-state index is 12.5. The number of rotatable bonds is 8. The third kappa shape index (κ3) is 4.37. The minimum atomic E-state index is -0.989. The number of nitrogens with zero attached hydrogens (tertiary/aromatic N) is 3. The van der Waals surface area contributed by atoms with Gasteiger partial charge >= 0.3 is 5.97 Å². The predicted octanol–water partition coefficient (Wildman–Crippen LogP) is 2.43. The number of aryl methyl sites for hydroxylation is 2. The average molecular weight is 398 g/mol. The molecular formula is C21H26N4O4. The minimum absolute atomic E-state index is 0.122. The van der Waals surface area contributed by atoms with E-state index in [9.17, 15) is 9.59 Å². The second kappa shape index (κ2) is 8.16. The minimum Gasteiger partial charge on any atom is -0.481 e. The van der Waals surface area contributed by atoms with E-state index >= 15 is 0 Å². The molecule has 0 radical (unpaired) electrons. The Morgan fingerprint density at radius 1 is 1.28 bits per heavy atom. The Bertz CT molecular complexity index is 1080. The molecule has 1 aromatic carbocycles. The summed E-state index contributed by atoms with van der Waals surface area (Å²) in [6, 6.07) is 7.85. The average Bonchev–Trinajstić information content (AvgIpc) is 2.99. The fraction of sp³-hybridized carbons (Fsp3) is 0.429. The van der Waals surface area contributed by atoms with Gasteiger partial charge in [-0.3, -0.25) is 9.59 Å². The number of hydrogen-bond acceptors (Lipinski definition) is 5. The summed E-state index contributed by atoms with van der Waals surface area (Å²) in [7, 11) is 1.48. The van der Waals surface area contributed by atoms with Gasteiger partial charge in [0, 0.05) is 30.3 Å². The zero-order chi connectivity index (χ0) is 21.2. The molecule has 0 saturated carbocycles. The third-order valence-corrected chi connectivity index (χ3v) is 5.07. The molecule has 1 unspecified atom stereocenters. The van der Waals surface area contributed by atoms with Crippen LogP contribution in [0.5, 0.6) is 0 Å². The number of fused-ring (bicyclic) bond motifs is 3. The summed E-state index contributed by atoms with van der Waals surface area (Å²) in [5.41, 5.74) is 3.50. The number of nitrogens with one attached hydrogen (secondary N) is 1. The maximum Gasteiger partial charge on any atom is 0.305 e. The van der Waals surface area contributed by atoms with Gasteiger partial charge < -0.3 is 15.2 Å². The SMILES string of the molecule is COCC(C)(CC(=O)O)NC(=O)CCc1c(C)nc2c3ccccc3nn2c1C. The van der Waals surface area contributed by atoms with Crippen molar-refractivity contribution in [3.05, 3.63) is 41.2 Å². The molecule has 2 aromatic heterocycles. The lowest BCUT2D eigenvalue weighted by atomic mass is 9.98. The molecule has 3 aromatic rings. The van der Waals surface area contributed by atoms with Crippen molar-refractivity contribution in [1.29, 1.82) is 0 Å². The molecule has 2 N–H and O–H groups in total. The first-order valence-corrected chi connectivity index (χ1v) is 9.49. The van der Waals surface area contributed by atoms with E-state index in [0.29, 0.717) is 6.42 Å². The van der Waals surface area contributed by atoms with Crippen molar-refractivity contribution in [2.75, 3.05) is 13.7 Å². The highest BCUT2D eigenvalue weighted by Crippen LogP contribution is 2.23. The molecule has 0 fully saturated rings. The van der Waals surface area contributed by atoms with Crippen LogP contribution >= 0.6 is 0 Å². The largest absolute Gasteiger partial charge is 0.481 e. The van der Waals surface area contributed by atoms with Crippen LogP contribution in [0, 0.1) is 13.8 Å². The molecule has 1 atom stereocenters. The Balaban J connectivity index is 1.80. The van der Waals surface area contributed by atoms with Crippen LogP contribution in [0.25, 0.3) is 16.6 Å². The van der Waals surface area contributed by atoms with Gasteiger partial charge in [0.25, 0.3) is 0 Å². The van der Waals surface area contributed by atoms with E-state index in [1.165, 1.54) is 7.11 Å². The number of ether oxygens (including phenoxy) is 1. The van der Waals surface area contributed by atoms with Crippen LogP contribution in [0.4, 0.5) is 0 Å². The van der Waals surface area contributed by atoms with Gasteiger partial charge in [-0.2, -0.15) is 5.10 Å². The van der Waals surface area contributed by atoms with Crippen molar-refractivity contribution in [2.45, 2.75) is 45.6 Å². The normalized spacial score (nSPS) is 13.5. The summed E-state index contributed by atoms with van der Waals surface area (Å²) in [5.74, 6) is -1.22. The number of carboxylic acid groups (broad SMARTS) is 1. The highest BCUT2D eigenvalue weighted by Gasteiger charge is 2.29. The van der Waals surface area contributed by atoms with Crippen LogP contribution in [-0.2, 0) is 20.7 Å². The molecule has 0 aliphatic carbocycles. The predicted molar refractivity (Wildman–Crippen MR) is 109 cm³/mol. The molecule has 8 heteroatoms. The zero-order valence-electron chi connectivity index (χ0n) is 17.2. The molecular weight excluding hydrogens is 372 g/mol. The fourth-order valence-electron chi connectivity index (χ4n) is 3.76. The van der Waals surface area contributed by atoms with E-state index in [1.54, 1.807) is 6.92 Å². The van der Waals surface area contributed by atoms with Gasteiger partial charge in [0.1, 0.15) is 0 Å². The van der Waals surface area contributed by atoms with E-state index < -0.39 is 11.5 Å². The van der Waals surface area contributed by atoms with Crippen molar-refractivity contribution in [2.24, 2.45) is 0 Å². The van der Waals surface area contributed by atoms with Crippen LogP contribution in [0.3, 0.4) is 0 Å². The number of aliphatic carboxylic acids is 1. The van der Waals surface area contributed by atoms with Gasteiger partial charge in [-0.15, -0.1) is 0 Å². The first-order chi connectivity index (χ1) is 13.7. The number of hydrogen-bond donors (Lipinski definition) is 2. The van der Waals surface area contributed by atoms with Gasteiger partial charge in [-0.05, 0) is 44.9 Å². The van der Waals surface area contributed by atoms with Crippen LogP contribution in [0.1, 0.15) is 36.7 Å². The molecule has 2 heterocycles. The Morgan fingerprint density at radius 3 is 2.69 bits per heavy atom. The maximum atomic E-state index is 12.5. The van der Waals surface area contributed by atoms with Crippen molar-refractivity contribution in [1.82, 2.24) is 19.9 Å². The lowest BCUT2D eigenvalue weighted by molar-refractivity contribution is -0.139. The molecule has 1 amide bonds. The van der Waals surface area contributed by atoms with Crippen molar-refractivity contribution in [3.63, 3.8) is 0 Å². The summed E-state index contributed by atoms with van der Waals surface area (Å²) in [4.78, 5) is 28.3. The van der Waals surface area contributed by atoms with Crippen LogP contribution < -0.4 is 5.32 Å². The van der Waals surface area contributed by atoms with Gasteiger partial charge in [-0.1, -0.05) is 12.1 Å². The Hall–Kier alpha value is -3.00. The summed E-state index contributed by atoms with van der Waals surface area (Å²) in [5, 5.41) is 17.5. The van der Waals surface area contributed by atoms with Gasteiger partial charge in [0.15, 0.2) is 5.65 Å². The molecule has 8 nitrogen and oxygen atoms in total. The summed E-state index contributed by atoms with van der Waals surface area (Å²) in [6.45, 7) is 5.69. The molecule has 0 aliphatic rings. The van der Waals surface area contributed by atoms with E-state index in [4.69, 9.17) is 14.8 Å². The Morgan fingerprint density at radius 2 is 2.00 bits per heavy atom. The number of carbonyl (C=O) groups is 2. The molecule has 29 heavy (non-hydrogen) atoms. The van der Waals surface area contributed by atoms with E-state index in [0.717, 1.165) is 33.5 Å². The monoisotopic (exact) mass is 398 g/mol. The first kappa shape index (κ1) is 20.7. The molecule has 3 rings (SSSR count). The van der Waals surface area contributed by atoms with Gasteiger partial charge in [0.2, 0.25) is 5.91 Å². The second-order valence-electron chi connectivity index (χ2n) is 7.63. The first-order valence-electron chi connectivity index (χ1n) is 9.49. The number of amides is 1. The lowest BCUT2D eigenvalue weighted by Crippen LogP contribution is -2.50. The molecule has 0 bridgehead atoms. The van der Waals surface area contributed by atoms with E-state index in [-0.39, 0.29) is 25.4 Å². The van der Waals surface area contributed by atoms with Gasteiger partial charge in [-0.25, -0.2) is 9.50 Å². The number of carbonyl (C=O) groups excluding carboxylic acids is 1. The van der Waals surface area contributed by atoms with Crippen molar-refractivity contribution < 1.29 is 19.4 Å². The zero-order valence-corrected chi connectivity index (χ0v) is 17.2. The van der Waals surface area contributed by atoms with E-state index in [1.807, 2.05) is 42.6 Å². The second-order valence-corrected chi connectivity index (χ2v) is 7.63. The fourth-order valence-corrected chi connectivity index (χ4v) is 3.76. The van der Waals surface area contributed by atoms with Crippen molar-refractivity contribution in [3.8, 4) is 0 Å². The smallest absolute Gasteiger partial charge is 0.305 e.